The van der Waals surface area contributed by atoms with Crippen molar-refractivity contribution < 1.29 is 9.47 Å². The molecule has 178 valence electrons. The molecule has 0 aromatic heterocycles. The van der Waals surface area contributed by atoms with Crippen molar-refractivity contribution in [3.05, 3.63) is 138 Å². The lowest BCUT2D eigenvalue weighted by atomic mass is 9.80. The van der Waals surface area contributed by atoms with Crippen molar-refractivity contribution in [2.24, 2.45) is 0 Å². The predicted molar refractivity (Wildman–Crippen MR) is 154 cm³/mol. The highest BCUT2D eigenvalue weighted by Crippen LogP contribution is 2.51. The lowest BCUT2D eigenvalue weighted by Crippen LogP contribution is -2.35. The van der Waals surface area contributed by atoms with Gasteiger partial charge in [0, 0.05) is 22.1 Å². The second kappa shape index (κ2) is 8.25. The fourth-order valence-corrected chi connectivity index (χ4v) is 5.99. The summed E-state index contributed by atoms with van der Waals surface area (Å²) in [7, 11) is 1.73. The molecule has 0 N–H and O–H groups in total. The van der Waals surface area contributed by atoms with E-state index in [0.29, 0.717) is 0 Å². The Hall–Kier alpha value is -4.56. The van der Waals surface area contributed by atoms with Crippen LogP contribution in [0.15, 0.2) is 115 Å². The highest BCUT2D eigenvalue weighted by Gasteiger charge is 2.39. The number of ether oxygens (including phenoxy) is 2. The Bertz CT molecular complexity index is 1850. The van der Waals surface area contributed by atoms with Gasteiger partial charge in [0.2, 0.25) is 0 Å². The summed E-state index contributed by atoms with van der Waals surface area (Å²) in [6, 6.07) is 38.3. The van der Waals surface area contributed by atoms with Crippen molar-refractivity contribution in [1.29, 1.82) is 0 Å². The van der Waals surface area contributed by atoms with Crippen LogP contribution in [0.4, 0.5) is 0 Å². The maximum absolute atomic E-state index is 7.15. The van der Waals surface area contributed by atoms with Crippen LogP contribution in [-0.4, -0.2) is 7.11 Å². The van der Waals surface area contributed by atoms with Gasteiger partial charge in [0.1, 0.15) is 0 Å². The third kappa shape index (κ3) is 3.12. The van der Waals surface area contributed by atoms with Gasteiger partial charge in [-0.2, -0.15) is 0 Å². The molecule has 37 heavy (non-hydrogen) atoms. The van der Waals surface area contributed by atoms with Gasteiger partial charge in [0.05, 0.1) is 7.11 Å². The first-order valence-corrected chi connectivity index (χ1v) is 12.7. The first-order valence-electron chi connectivity index (χ1n) is 12.7. The number of rotatable bonds is 3. The SMILES string of the molecule is COc1cc2c3ccccc3c3ccccc3c2c2c1OC(c1ccccc1)(c1ccccc1C)C=C2. The van der Waals surface area contributed by atoms with E-state index < -0.39 is 5.60 Å². The summed E-state index contributed by atoms with van der Waals surface area (Å²) in [6.07, 6.45) is 4.46. The molecule has 1 atom stereocenters. The molecule has 0 amide bonds. The van der Waals surface area contributed by atoms with Crippen molar-refractivity contribution in [2.45, 2.75) is 12.5 Å². The molecular formula is C35H26O2. The van der Waals surface area contributed by atoms with E-state index in [0.717, 1.165) is 28.2 Å². The largest absolute Gasteiger partial charge is 0.493 e. The lowest BCUT2D eigenvalue weighted by Gasteiger charge is -2.38. The molecule has 0 radical (unpaired) electrons. The molecule has 6 aromatic rings. The number of benzene rings is 6. The van der Waals surface area contributed by atoms with Crippen molar-refractivity contribution in [1.82, 2.24) is 0 Å². The van der Waals surface area contributed by atoms with Gasteiger partial charge in [-0.1, -0.05) is 103 Å². The van der Waals surface area contributed by atoms with Crippen LogP contribution in [0.2, 0.25) is 0 Å². The summed E-state index contributed by atoms with van der Waals surface area (Å²) in [5.74, 6) is 1.51. The molecule has 1 unspecified atom stereocenters. The molecule has 2 heteroatoms. The number of aryl methyl sites for hydroxylation is 1. The molecule has 2 nitrogen and oxygen atoms in total. The zero-order valence-electron chi connectivity index (χ0n) is 20.9. The molecule has 1 aliphatic heterocycles. The summed E-state index contributed by atoms with van der Waals surface area (Å²) in [5.41, 5.74) is 3.66. The zero-order valence-corrected chi connectivity index (χ0v) is 20.9. The molecule has 0 fully saturated rings. The van der Waals surface area contributed by atoms with E-state index in [2.05, 4.69) is 122 Å². The van der Waals surface area contributed by atoms with Gasteiger partial charge in [0.25, 0.3) is 0 Å². The van der Waals surface area contributed by atoms with Crippen molar-refractivity contribution >= 4 is 38.4 Å². The van der Waals surface area contributed by atoms with Crippen LogP contribution in [0.1, 0.15) is 22.3 Å². The van der Waals surface area contributed by atoms with Gasteiger partial charge in [-0.05, 0) is 57.6 Å². The Balaban J connectivity index is 1.61. The highest BCUT2D eigenvalue weighted by atomic mass is 16.5. The Morgan fingerprint density at radius 2 is 1.24 bits per heavy atom. The summed E-state index contributed by atoms with van der Waals surface area (Å²) in [6.45, 7) is 2.14. The van der Waals surface area contributed by atoms with Gasteiger partial charge < -0.3 is 9.47 Å². The molecule has 0 aliphatic carbocycles. The van der Waals surface area contributed by atoms with Crippen LogP contribution in [0.5, 0.6) is 11.5 Å². The molecule has 1 aliphatic rings. The first-order chi connectivity index (χ1) is 18.2. The molecule has 1 heterocycles. The van der Waals surface area contributed by atoms with Gasteiger partial charge in [-0.25, -0.2) is 0 Å². The van der Waals surface area contributed by atoms with Crippen molar-refractivity contribution in [2.75, 3.05) is 7.11 Å². The fraction of sp³-hybridized carbons (Fsp3) is 0.0857. The fourth-order valence-electron chi connectivity index (χ4n) is 5.99. The number of hydrogen-bond donors (Lipinski definition) is 0. The predicted octanol–water partition coefficient (Wildman–Crippen LogP) is 8.81. The molecule has 0 bridgehead atoms. The highest BCUT2D eigenvalue weighted by molar-refractivity contribution is 6.27. The van der Waals surface area contributed by atoms with Crippen LogP contribution in [0.25, 0.3) is 38.4 Å². The van der Waals surface area contributed by atoms with Gasteiger partial charge >= 0.3 is 0 Å². The Morgan fingerprint density at radius 3 is 1.95 bits per heavy atom. The monoisotopic (exact) mass is 478 g/mol. The van der Waals surface area contributed by atoms with Crippen LogP contribution in [0, 0.1) is 6.92 Å². The second-order valence-electron chi connectivity index (χ2n) is 9.69. The minimum atomic E-state index is -0.771. The summed E-state index contributed by atoms with van der Waals surface area (Å²) < 4.78 is 13.2. The quantitative estimate of drug-likeness (QED) is 0.237. The lowest BCUT2D eigenvalue weighted by molar-refractivity contribution is 0.154. The third-order valence-electron chi connectivity index (χ3n) is 7.70. The van der Waals surface area contributed by atoms with Gasteiger partial charge in [-0.3, -0.25) is 0 Å². The molecule has 6 aromatic carbocycles. The van der Waals surface area contributed by atoms with E-state index in [9.17, 15) is 0 Å². The van der Waals surface area contributed by atoms with Crippen molar-refractivity contribution in [3.8, 4) is 11.5 Å². The minimum absolute atomic E-state index is 0.737. The summed E-state index contributed by atoms with van der Waals surface area (Å²) in [5, 5.41) is 7.27. The van der Waals surface area contributed by atoms with E-state index in [1.165, 1.54) is 37.9 Å². The maximum atomic E-state index is 7.15. The molecule has 0 spiro atoms. The van der Waals surface area contributed by atoms with E-state index in [1.54, 1.807) is 7.11 Å². The van der Waals surface area contributed by atoms with Crippen LogP contribution in [-0.2, 0) is 5.60 Å². The minimum Gasteiger partial charge on any atom is -0.493 e. The summed E-state index contributed by atoms with van der Waals surface area (Å²) >= 11 is 0. The van der Waals surface area contributed by atoms with Crippen molar-refractivity contribution in [3.63, 3.8) is 0 Å². The molecule has 7 rings (SSSR count). The van der Waals surface area contributed by atoms with Crippen LogP contribution in [0.3, 0.4) is 0 Å². The maximum Gasteiger partial charge on any atom is 0.178 e. The van der Waals surface area contributed by atoms with Crippen LogP contribution < -0.4 is 9.47 Å². The van der Waals surface area contributed by atoms with E-state index in [-0.39, 0.29) is 0 Å². The number of methoxy groups -OCH3 is 1. The Labute approximate surface area is 216 Å². The van der Waals surface area contributed by atoms with Gasteiger partial charge in [-0.15, -0.1) is 0 Å². The number of fused-ring (bicyclic) bond motifs is 8. The zero-order chi connectivity index (χ0) is 25.0. The Morgan fingerprint density at radius 1 is 0.649 bits per heavy atom. The standard InChI is InChI=1S/C35H26O2/c1-23-12-6-11-19-31(23)35(24-13-4-3-5-14-24)21-20-29-33-28-18-10-9-16-26(28)25-15-7-8-17-27(25)30(33)22-32(36-2)34(29)37-35/h3-22H,1-2H3. The molecular weight excluding hydrogens is 452 g/mol. The third-order valence-corrected chi connectivity index (χ3v) is 7.70. The first kappa shape index (κ1) is 21.7. The van der Waals surface area contributed by atoms with E-state index in [4.69, 9.17) is 9.47 Å². The topological polar surface area (TPSA) is 18.5 Å². The van der Waals surface area contributed by atoms with Gasteiger partial charge in [0.15, 0.2) is 17.1 Å². The summed E-state index contributed by atoms with van der Waals surface area (Å²) in [4.78, 5) is 0. The smallest absolute Gasteiger partial charge is 0.178 e. The Kier molecular flexibility index (Phi) is 4.84. The average Bonchev–Trinajstić information content (AvgIpc) is 2.97. The molecule has 0 saturated heterocycles. The van der Waals surface area contributed by atoms with Crippen LogP contribution >= 0.6 is 0 Å². The van der Waals surface area contributed by atoms with E-state index >= 15 is 0 Å². The second-order valence-corrected chi connectivity index (χ2v) is 9.69. The normalized spacial score (nSPS) is 16.6. The molecule has 0 saturated carbocycles. The van der Waals surface area contributed by atoms with E-state index in [1.807, 2.05) is 6.07 Å². The average molecular weight is 479 g/mol. The number of hydrogen-bond acceptors (Lipinski definition) is 2.